The molecule has 2 aromatic carbocycles. The molecule has 0 radical (unpaired) electrons. The van der Waals surface area contributed by atoms with E-state index in [2.05, 4.69) is 24.5 Å². The Bertz CT molecular complexity index is 754. The molecule has 1 atom stereocenters. The van der Waals surface area contributed by atoms with Gasteiger partial charge in [-0.15, -0.1) is 0 Å². The van der Waals surface area contributed by atoms with Gasteiger partial charge in [-0.1, -0.05) is 32.0 Å². The van der Waals surface area contributed by atoms with Crippen LogP contribution in [0.15, 0.2) is 42.5 Å². The van der Waals surface area contributed by atoms with Gasteiger partial charge in [-0.2, -0.15) is 0 Å². The van der Waals surface area contributed by atoms with Gasteiger partial charge in [-0.3, -0.25) is 9.59 Å². The van der Waals surface area contributed by atoms with Gasteiger partial charge in [-0.25, -0.2) is 0 Å². The Morgan fingerprint density at radius 1 is 1.12 bits per heavy atom. The first-order valence-corrected chi connectivity index (χ1v) is 8.45. The van der Waals surface area contributed by atoms with Gasteiger partial charge in [0.05, 0.1) is 6.54 Å². The van der Waals surface area contributed by atoms with Crippen LogP contribution in [-0.2, 0) is 4.79 Å². The van der Waals surface area contributed by atoms with Crippen LogP contribution in [0.2, 0.25) is 0 Å². The fourth-order valence-corrected chi connectivity index (χ4v) is 2.61. The van der Waals surface area contributed by atoms with Crippen molar-refractivity contribution in [3.8, 4) is 0 Å². The van der Waals surface area contributed by atoms with Crippen molar-refractivity contribution >= 4 is 23.2 Å². The first kappa shape index (κ1) is 18.5. The van der Waals surface area contributed by atoms with Gasteiger partial charge in [0, 0.05) is 16.9 Å². The lowest BCUT2D eigenvalue weighted by molar-refractivity contribution is -0.114. The minimum absolute atomic E-state index is 0.107. The number of rotatable bonds is 7. The Morgan fingerprint density at radius 3 is 2.40 bits per heavy atom. The van der Waals surface area contributed by atoms with Gasteiger partial charge in [0.25, 0.3) is 0 Å². The SMILES string of the molecule is CCC(C)c1ccc(NC(=O)CNc2cccc(C(N)=O)c2C)cc1. The summed E-state index contributed by atoms with van der Waals surface area (Å²) >= 11 is 0. The van der Waals surface area contributed by atoms with E-state index in [4.69, 9.17) is 5.73 Å². The normalized spacial score (nSPS) is 11.6. The molecular formula is C20H25N3O2. The van der Waals surface area contributed by atoms with Crippen molar-refractivity contribution < 1.29 is 9.59 Å². The summed E-state index contributed by atoms with van der Waals surface area (Å²) in [5.74, 6) is -0.126. The van der Waals surface area contributed by atoms with E-state index in [1.807, 2.05) is 30.3 Å². The van der Waals surface area contributed by atoms with Crippen LogP contribution < -0.4 is 16.4 Å². The van der Waals surface area contributed by atoms with Crippen LogP contribution in [0, 0.1) is 6.92 Å². The van der Waals surface area contributed by atoms with Crippen LogP contribution >= 0.6 is 0 Å². The van der Waals surface area contributed by atoms with E-state index in [0.29, 0.717) is 11.5 Å². The molecule has 2 rings (SSSR count). The van der Waals surface area contributed by atoms with Gasteiger partial charge in [0.15, 0.2) is 0 Å². The highest BCUT2D eigenvalue weighted by Crippen LogP contribution is 2.21. The first-order valence-electron chi connectivity index (χ1n) is 8.45. The maximum atomic E-state index is 12.1. The molecule has 0 aliphatic carbocycles. The van der Waals surface area contributed by atoms with E-state index in [0.717, 1.165) is 23.4 Å². The standard InChI is InChI=1S/C20H25N3O2/c1-4-13(2)15-8-10-16(11-9-15)23-19(24)12-22-18-7-5-6-17(14(18)3)20(21)25/h5-11,13,22H,4,12H2,1-3H3,(H2,21,25)(H,23,24). The molecule has 0 bridgehead atoms. The number of nitrogens with one attached hydrogen (secondary N) is 2. The number of carbonyl (C=O) groups is 2. The molecule has 0 spiro atoms. The maximum Gasteiger partial charge on any atom is 0.249 e. The van der Waals surface area contributed by atoms with Gasteiger partial charge < -0.3 is 16.4 Å². The van der Waals surface area contributed by atoms with Crippen molar-refractivity contribution in [1.29, 1.82) is 0 Å². The third-order valence-corrected chi connectivity index (χ3v) is 4.41. The molecule has 5 nitrogen and oxygen atoms in total. The fraction of sp³-hybridized carbons (Fsp3) is 0.300. The quantitative estimate of drug-likeness (QED) is 0.720. The molecule has 0 aliphatic heterocycles. The molecule has 5 heteroatoms. The smallest absolute Gasteiger partial charge is 0.249 e. The summed E-state index contributed by atoms with van der Waals surface area (Å²) in [7, 11) is 0. The highest BCUT2D eigenvalue weighted by atomic mass is 16.2. The number of amides is 2. The Balaban J connectivity index is 1.95. The molecule has 132 valence electrons. The zero-order valence-electron chi connectivity index (χ0n) is 14.9. The summed E-state index contributed by atoms with van der Waals surface area (Å²) < 4.78 is 0. The Labute approximate surface area is 148 Å². The predicted octanol–water partition coefficient (Wildman–Crippen LogP) is 3.66. The molecule has 0 fully saturated rings. The monoisotopic (exact) mass is 339 g/mol. The molecule has 0 saturated heterocycles. The highest BCUT2D eigenvalue weighted by Gasteiger charge is 2.10. The third kappa shape index (κ3) is 4.83. The summed E-state index contributed by atoms with van der Waals surface area (Å²) in [6.07, 6.45) is 1.08. The lowest BCUT2D eigenvalue weighted by atomic mass is 9.99. The minimum atomic E-state index is -0.480. The minimum Gasteiger partial charge on any atom is -0.376 e. The first-order chi connectivity index (χ1) is 11.9. The van der Waals surface area contributed by atoms with Crippen LogP contribution in [-0.4, -0.2) is 18.4 Å². The topological polar surface area (TPSA) is 84.2 Å². The average Bonchev–Trinajstić information content (AvgIpc) is 2.60. The van der Waals surface area contributed by atoms with Crippen molar-refractivity contribution in [2.24, 2.45) is 5.73 Å². The summed E-state index contributed by atoms with van der Waals surface area (Å²) in [5, 5.41) is 5.91. The summed E-state index contributed by atoms with van der Waals surface area (Å²) in [6.45, 7) is 6.24. The molecule has 2 aromatic rings. The molecule has 0 saturated carbocycles. The third-order valence-electron chi connectivity index (χ3n) is 4.41. The van der Waals surface area contributed by atoms with Crippen molar-refractivity contribution in [2.75, 3.05) is 17.2 Å². The van der Waals surface area contributed by atoms with Crippen LogP contribution in [0.4, 0.5) is 11.4 Å². The van der Waals surface area contributed by atoms with Crippen molar-refractivity contribution in [3.05, 3.63) is 59.2 Å². The number of hydrogen-bond acceptors (Lipinski definition) is 3. The highest BCUT2D eigenvalue weighted by molar-refractivity contribution is 5.97. The summed E-state index contributed by atoms with van der Waals surface area (Å²) in [4.78, 5) is 23.5. The summed E-state index contributed by atoms with van der Waals surface area (Å²) in [5.41, 5.74) is 9.27. The number of primary amides is 1. The second kappa shape index (κ2) is 8.33. The van der Waals surface area contributed by atoms with Crippen molar-refractivity contribution in [2.45, 2.75) is 33.1 Å². The number of hydrogen-bond donors (Lipinski definition) is 3. The molecule has 4 N–H and O–H groups in total. The lowest BCUT2D eigenvalue weighted by Crippen LogP contribution is -2.22. The largest absolute Gasteiger partial charge is 0.376 e. The van der Waals surface area contributed by atoms with Crippen molar-refractivity contribution in [1.82, 2.24) is 0 Å². The zero-order valence-corrected chi connectivity index (χ0v) is 14.9. The van der Waals surface area contributed by atoms with E-state index in [1.165, 1.54) is 5.56 Å². The van der Waals surface area contributed by atoms with E-state index < -0.39 is 5.91 Å². The number of benzene rings is 2. The number of carbonyl (C=O) groups excluding carboxylic acids is 2. The predicted molar refractivity (Wildman–Crippen MR) is 102 cm³/mol. The molecule has 0 heterocycles. The van der Waals surface area contributed by atoms with Gasteiger partial charge in [0.2, 0.25) is 11.8 Å². The maximum absolute atomic E-state index is 12.1. The van der Waals surface area contributed by atoms with Crippen LogP contribution in [0.3, 0.4) is 0 Å². The second-order valence-electron chi connectivity index (χ2n) is 6.18. The molecular weight excluding hydrogens is 314 g/mol. The average molecular weight is 339 g/mol. The van der Waals surface area contributed by atoms with Gasteiger partial charge in [0.1, 0.15) is 0 Å². The van der Waals surface area contributed by atoms with Gasteiger partial charge >= 0.3 is 0 Å². The Kier molecular flexibility index (Phi) is 6.17. The molecule has 1 unspecified atom stereocenters. The van der Waals surface area contributed by atoms with Crippen molar-refractivity contribution in [3.63, 3.8) is 0 Å². The van der Waals surface area contributed by atoms with Gasteiger partial charge in [-0.05, 0) is 54.7 Å². The van der Waals surface area contributed by atoms with E-state index in [1.54, 1.807) is 19.1 Å². The number of nitrogens with two attached hydrogens (primary N) is 1. The molecule has 0 aromatic heterocycles. The summed E-state index contributed by atoms with van der Waals surface area (Å²) in [6, 6.07) is 13.1. The Morgan fingerprint density at radius 2 is 1.80 bits per heavy atom. The van der Waals surface area contributed by atoms with E-state index in [-0.39, 0.29) is 12.5 Å². The fourth-order valence-electron chi connectivity index (χ4n) is 2.61. The Hall–Kier alpha value is -2.82. The molecule has 0 aliphatic rings. The lowest BCUT2D eigenvalue weighted by Gasteiger charge is -2.13. The molecule has 25 heavy (non-hydrogen) atoms. The van der Waals surface area contributed by atoms with E-state index >= 15 is 0 Å². The zero-order chi connectivity index (χ0) is 18.4. The molecule has 2 amide bonds. The van der Waals surface area contributed by atoms with Crippen LogP contribution in [0.5, 0.6) is 0 Å². The second-order valence-corrected chi connectivity index (χ2v) is 6.18. The van der Waals surface area contributed by atoms with Crippen LogP contribution in [0.25, 0.3) is 0 Å². The van der Waals surface area contributed by atoms with Crippen LogP contribution in [0.1, 0.15) is 47.7 Å². The van der Waals surface area contributed by atoms with E-state index in [9.17, 15) is 9.59 Å². The number of anilines is 2.